The molecule has 0 aliphatic rings. The molecule has 0 fully saturated rings. The lowest BCUT2D eigenvalue weighted by Crippen LogP contribution is -1.94. The van der Waals surface area contributed by atoms with Gasteiger partial charge in [-0.2, -0.15) is 11.8 Å². The van der Waals surface area contributed by atoms with Gasteiger partial charge < -0.3 is 5.11 Å². The van der Waals surface area contributed by atoms with Crippen molar-refractivity contribution in [3.63, 3.8) is 0 Å². The number of aromatic hydroxyl groups is 1. The highest BCUT2D eigenvalue weighted by Crippen LogP contribution is 2.26. The largest absolute Gasteiger partial charge is 0.508 e. The Morgan fingerprint density at radius 3 is 2.50 bits per heavy atom. The van der Waals surface area contributed by atoms with E-state index >= 15 is 0 Å². The molecular formula is C16H15ClO2S. The smallest absolute Gasteiger partial charge is 0.159 e. The van der Waals surface area contributed by atoms with E-state index in [-0.39, 0.29) is 11.5 Å². The molecule has 0 spiro atoms. The number of halogens is 1. The summed E-state index contributed by atoms with van der Waals surface area (Å²) in [6.45, 7) is 1.52. The molecule has 0 bridgehead atoms. The fourth-order valence-corrected chi connectivity index (χ4v) is 2.89. The summed E-state index contributed by atoms with van der Waals surface area (Å²) in [5.41, 5.74) is 2.60. The third-order valence-electron chi connectivity index (χ3n) is 2.93. The summed E-state index contributed by atoms with van der Waals surface area (Å²) in [5.74, 6) is 1.74. The molecule has 2 aromatic rings. The molecule has 0 saturated heterocycles. The number of rotatable bonds is 5. The first-order chi connectivity index (χ1) is 9.56. The summed E-state index contributed by atoms with van der Waals surface area (Å²) < 4.78 is 0. The van der Waals surface area contributed by atoms with Gasteiger partial charge in [-0.05, 0) is 42.8 Å². The number of Topliss-reactive ketones (excluding diaryl/α,β-unsaturated/α-hetero) is 1. The maximum atomic E-state index is 11.3. The molecule has 2 nitrogen and oxygen atoms in total. The average Bonchev–Trinajstić information content (AvgIpc) is 2.43. The predicted octanol–water partition coefficient (Wildman–Crippen LogP) is 4.68. The minimum atomic E-state index is 0.00829. The molecule has 104 valence electrons. The molecule has 0 atom stereocenters. The van der Waals surface area contributed by atoms with E-state index in [2.05, 4.69) is 0 Å². The first kappa shape index (κ1) is 14.9. The topological polar surface area (TPSA) is 37.3 Å². The van der Waals surface area contributed by atoms with E-state index in [1.165, 1.54) is 12.5 Å². The molecule has 0 aromatic heterocycles. The van der Waals surface area contributed by atoms with Crippen molar-refractivity contribution in [3.05, 3.63) is 64.2 Å². The zero-order valence-electron chi connectivity index (χ0n) is 11.1. The maximum absolute atomic E-state index is 11.3. The second-order valence-electron chi connectivity index (χ2n) is 4.52. The molecule has 0 saturated carbocycles. The van der Waals surface area contributed by atoms with Crippen LogP contribution < -0.4 is 0 Å². The highest BCUT2D eigenvalue weighted by Gasteiger charge is 2.06. The molecule has 0 unspecified atom stereocenters. The van der Waals surface area contributed by atoms with Crippen LogP contribution in [0.15, 0.2) is 42.5 Å². The van der Waals surface area contributed by atoms with Crippen molar-refractivity contribution in [2.24, 2.45) is 0 Å². The average molecular weight is 307 g/mol. The Morgan fingerprint density at radius 1 is 1.15 bits per heavy atom. The Balaban J connectivity index is 1.98. The predicted molar refractivity (Wildman–Crippen MR) is 84.6 cm³/mol. The van der Waals surface area contributed by atoms with Crippen molar-refractivity contribution in [2.45, 2.75) is 18.4 Å². The van der Waals surface area contributed by atoms with Gasteiger partial charge in [-0.15, -0.1) is 0 Å². The van der Waals surface area contributed by atoms with Crippen molar-refractivity contribution >= 4 is 29.1 Å². The molecule has 2 rings (SSSR count). The number of thioether (sulfide) groups is 1. The van der Waals surface area contributed by atoms with Crippen LogP contribution in [0, 0.1) is 0 Å². The van der Waals surface area contributed by atoms with Crippen LogP contribution in [0.3, 0.4) is 0 Å². The normalized spacial score (nSPS) is 10.5. The second-order valence-corrected chi connectivity index (χ2v) is 5.94. The fourth-order valence-electron chi connectivity index (χ4n) is 1.78. The van der Waals surface area contributed by atoms with E-state index in [1.807, 2.05) is 24.3 Å². The van der Waals surface area contributed by atoms with Gasteiger partial charge in [0.2, 0.25) is 0 Å². The Labute approximate surface area is 127 Å². The molecule has 2 aromatic carbocycles. The lowest BCUT2D eigenvalue weighted by molar-refractivity contribution is 0.101. The van der Waals surface area contributed by atoms with Gasteiger partial charge in [0.1, 0.15) is 5.75 Å². The highest BCUT2D eigenvalue weighted by molar-refractivity contribution is 7.97. The molecule has 0 radical (unpaired) electrons. The lowest BCUT2D eigenvalue weighted by Gasteiger charge is -2.06. The number of ketones is 1. The van der Waals surface area contributed by atoms with Crippen LogP contribution in [-0.4, -0.2) is 10.9 Å². The zero-order valence-corrected chi connectivity index (χ0v) is 12.7. The van der Waals surface area contributed by atoms with E-state index in [4.69, 9.17) is 11.6 Å². The van der Waals surface area contributed by atoms with Crippen molar-refractivity contribution in [2.75, 3.05) is 0 Å². The minimum absolute atomic E-state index is 0.00829. The first-order valence-corrected chi connectivity index (χ1v) is 7.74. The monoisotopic (exact) mass is 306 g/mol. The molecule has 1 N–H and O–H groups in total. The number of hydrogen-bond donors (Lipinski definition) is 1. The van der Waals surface area contributed by atoms with Crippen LogP contribution in [0.1, 0.15) is 28.4 Å². The fraction of sp³-hybridized carbons (Fsp3) is 0.188. The standard InChI is InChI=1S/C16H15ClO2S/c1-11(18)13-4-7-16(19)14(8-13)10-20-9-12-2-5-15(17)6-3-12/h2-8,19H,9-10H2,1H3. The summed E-state index contributed by atoms with van der Waals surface area (Å²) in [7, 11) is 0. The van der Waals surface area contributed by atoms with Crippen LogP contribution in [0.4, 0.5) is 0 Å². The van der Waals surface area contributed by atoms with E-state index in [0.717, 1.165) is 16.3 Å². The molecule has 0 amide bonds. The molecule has 0 aliphatic heterocycles. The summed E-state index contributed by atoms with van der Waals surface area (Å²) in [5, 5.41) is 10.5. The van der Waals surface area contributed by atoms with Gasteiger partial charge in [0.15, 0.2) is 5.78 Å². The molecular weight excluding hydrogens is 292 g/mol. The lowest BCUT2D eigenvalue weighted by atomic mass is 10.1. The van der Waals surface area contributed by atoms with Crippen molar-refractivity contribution in [3.8, 4) is 5.75 Å². The quantitative estimate of drug-likeness (QED) is 0.815. The van der Waals surface area contributed by atoms with Crippen LogP contribution >= 0.6 is 23.4 Å². The van der Waals surface area contributed by atoms with Crippen LogP contribution in [-0.2, 0) is 11.5 Å². The summed E-state index contributed by atoms with van der Waals surface area (Å²) in [4.78, 5) is 11.3. The highest BCUT2D eigenvalue weighted by atomic mass is 35.5. The first-order valence-electron chi connectivity index (χ1n) is 6.21. The van der Waals surface area contributed by atoms with Crippen LogP contribution in [0.5, 0.6) is 5.75 Å². The molecule has 4 heteroatoms. The SMILES string of the molecule is CC(=O)c1ccc(O)c(CSCc2ccc(Cl)cc2)c1. The molecule has 0 aliphatic carbocycles. The number of benzene rings is 2. The van der Waals surface area contributed by atoms with Crippen molar-refractivity contribution < 1.29 is 9.90 Å². The van der Waals surface area contributed by atoms with Gasteiger partial charge in [-0.25, -0.2) is 0 Å². The summed E-state index contributed by atoms with van der Waals surface area (Å²) in [6, 6.07) is 12.7. The molecule has 0 heterocycles. The van der Waals surface area contributed by atoms with Crippen LogP contribution in [0.25, 0.3) is 0 Å². The number of phenols is 1. The van der Waals surface area contributed by atoms with Gasteiger partial charge >= 0.3 is 0 Å². The Morgan fingerprint density at radius 2 is 1.85 bits per heavy atom. The third-order valence-corrected chi connectivity index (χ3v) is 4.23. The Hall–Kier alpha value is -1.45. The van der Waals surface area contributed by atoms with Gasteiger partial charge in [0, 0.05) is 27.7 Å². The van der Waals surface area contributed by atoms with E-state index in [1.54, 1.807) is 30.0 Å². The summed E-state index contributed by atoms with van der Waals surface area (Å²) >= 11 is 7.52. The maximum Gasteiger partial charge on any atom is 0.159 e. The number of carbonyl (C=O) groups excluding carboxylic acids is 1. The van der Waals surface area contributed by atoms with Gasteiger partial charge in [-0.3, -0.25) is 4.79 Å². The molecule has 20 heavy (non-hydrogen) atoms. The van der Waals surface area contributed by atoms with Gasteiger partial charge in [0.25, 0.3) is 0 Å². The van der Waals surface area contributed by atoms with Gasteiger partial charge in [-0.1, -0.05) is 23.7 Å². The zero-order chi connectivity index (χ0) is 14.5. The number of phenolic OH excluding ortho intramolecular Hbond substituents is 1. The van der Waals surface area contributed by atoms with Gasteiger partial charge in [0.05, 0.1) is 0 Å². The van der Waals surface area contributed by atoms with E-state index in [0.29, 0.717) is 11.3 Å². The van der Waals surface area contributed by atoms with Crippen molar-refractivity contribution in [1.82, 2.24) is 0 Å². The number of hydrogen-bond acceptors (Lipinski definition) is 3. The second kappa shape index (κ2) is 6.82. The van der Waals surface area contributed by atoms with Crippen molar-refractivity contribution in [1.29, 1.82) is 0 Å². The minimum Gasteiger partial charge on any atom is -0.508 e. The Bertz CT molecular complexity index is 608. The third kappa shape index (κ3) is 4.02. The summed E-state index contributed by atoms with van der Waals surface area (Å²) in [6.07, 6.45) is 0. The Kier molecular flexibility index (Phi) is 5.10. The van der Waals surface area contributed by atoms with Crippen LogP contribution in [0.2, 0.25) is 5.02 Å². The number of carbonyl (C=O) groups is 1. The van der Waals surface area contributed by atoms with E-state index in [9.17, 15) is 9.90 Å². The van der Waals surface area contributed by atoms with E-state index < -0.39 is 0 Å².